The van der Waals surface area contributed by atoms with Gasteiger partial charge >= 0.3 is 0 Å². The quantitative estimate of drug-likeness (QED) is 0.812. The molecule has 0 spiro atoms. The van der Waals surface area contributed by atoms with E-state index >= 15 is 0 Å². The summed E-state index contributed by atoms with van der Waals surface area (Å²) < 4.78 is 0. The molecule has 0 saturated carbocycles. The minimum Gasteiger partial charge on any atom is -0.345 e. The first-order chi connectivity index (χ1) is 7.16. The summed E-state index contributed by atoms with van der Waals surface area (Å²) in [6.07, 6.45) is 2.90. The van der Waals surface area contributed by atoms with Crippen molar-refractivity contribution in [3.63, 3.8) is 0 Å². The molecule has 0 N–H and O–H groups in total. The summed E-state index contributed by atoms with van der Waals surface area (Å²) >= 11 is 3.46. The van der Waals surface area contributed by atoms with Gasteiger partial charge in [0.05, 0.1) is 10.3 Å². The molecule has 5 heteroatoms. The third-order valence-electron chi connectivity index (χ3n) is 2.47. The second-order valence-electron chi connectivity index (χ2n) is 3.69. The third kappa shape index (κ3) is 2.52. The number of carbonyl (C=O) groups is 1. The number of amides is 1. The molecule has 3 nitrogen and oxygen atoms in total. The summed E-state index contributed by atoms with van der Waals surface area (Å²) in [5.74, 6) is 1.19. The van der Waals surface area contributed by atoms with Crippen LogP contribution in [0, 0.1) is 6.92 Å². The van der Waals surface area contributed by atoms with Gasteiger partial charge in [0.1, 0.15) is 0 Å². The van der Waals surface area contributed by atoms with E-state index in [2.05, 4.69) is 4.98 Å². The van der Waals surface area contributed by atoms with Crippen molar-refractivity contribution in [3.8, 4) is 0 Å². The van der Waals surface area contributed by atoms with Crippen LogP contribution < -0.4 is 0 Å². The van der Waals surface area contributed by atoms with Crippen molar-refractivity contribution in [1.82, 2.24) is 9.88 Å². The molecule has 1 unspecified atom stereocenters. The SMILES string of the molecule is Cc1ncc(CSC2CCN(C)C2=O)s1. The lowest BCUT2D eigenvalue weighted by Gasteiger charge is -2.08. The maximum Gasteiger partial charge on any atom is 0.235 e. The minimum absolute atomic E-state index is 0.164. The van der Waals surface area contributed by atoms with Crippen LogP contribution in [0.2, 0.25) is 0 Å². The van der Waals surface area contributed by atoms with E-state index < -0.39 is 0 Å². The highest BCUT2D eigenvalue weighted by molar-refractivity contribution is 8.00. The van der Waals surface area contributed by atoms with E-state index in [1.807, 2.05) is 25.1 Å². The Morgan fingerprint density at radius 3 is 3.07 bits per heavy atom. The highest BCUT2D eigenvalue weighted by atomic mass is 32.2. The van der Waals surface area contributed by atoms with Crippen LogP contribution in [-0.2, 0) is 10.5 Å². The van der Waals surface area contributed by atoms with Gasteiger partial charge in [-0.15, -0.1) is 23.1 Å². The molecule has 1 aliphatic heterocycles. The molecule has 1 amide bonds. The lowest BCUT2D eigenvalue weighted by Crippen LogP contribution is -2.23. The monoisotopic (exact) mass is 242 g/mol. The number of thioether (sulfide) groups is 1. The topological polar surface area (TPSA) is 33.2 Å². The molecule has 1 aromatic rings. The van der Waals surface area contributed by atoms with Crippen LogP contribution in [0.25, 0.3) is 0 Å². The van der Waals surface area contributed by atoms with Gasteiger partial charge in [0.15, 0.2) is 0 Å². The first kappa shape index (κ1) is 11.0. The summed E-state index contributed by atoms with van der Waals surface area (Å²) in [4.78, 5) is 18.9. The van der Waals surface area contributed by atoms with Crippen LogP contribution in [0.1, 0.15) is 16.3 Å². The van der Waals surface area contributed by atoms with Crippen molar-refractivity contribution in [3.05, 3.63) is 16.1 Å². The molecule has 0 aliphatic carbocycles. The fourth-order valence-corrected chi connectivity index (χ4v) is 3.66. The van der Waals surface area contributed by atoms with E-state index in [9.17, 15) is 4.79 Å². The van der Waals surface area contributed by atoms with Crippen molar-refractivity contribution < 1.29 is 4.79 Å². The fourth-order valence-electron chi connectivity index (χ4n) is 1.60. The predicted molar refractivity (Wildman–Crippen MR) is 64.2 cm³/mol. The number of hydrogen-bond acceptors (Lipinski definition) is 4. The highest BCUT2D eigenvalue weighted by Gasteiger charge is 2.29. The van der Waals surface area contributed by atoms with Crippen molar-refractivity contribution in [1.29, 1.82) is 0 Å². The Hall–Kier alpha value is -0.550. The van der Waals surface area contributed by atoms with Gasteiger partial charge in [-0.2, -0.15) is 0 Å². The predicted octanol–water partition coefficient (Wildman–Crippen LogP) is 1.92. The molecule has 1 aromatic heterocycles. The molecule has 2 heterocycles. The van der Waals surface area contributed by atoms with Gasteiger partial charge in [0, 0.05) is 30.4 Å². The van der Waals surface area contributed by atoms with Crippen LogP contribution in [0.15, 0.2) is 6.20 Å². The minimum atomic E-state index is 0.164. The maximum atomic E-state index is 11.6. The summed E-state index contributed by atoms with van der Waals surface area (Å²) in [5, 5.41) is 1.26. The van der Waals surface area contributed by atoms with Crippen molar-refractivity contribution >= 4 is 29.0 Å². The first-order valence-corrected chi connectivity index (χ1v) is 6.81. The number of thiazole rings is 1. The second-order valence-corrected chi connectivity index (χ2v) is 6.20. The summed E-state index contributed by atoms with van der Waals surface area (Å²) in [5.41, 5.74) is 0. The van der Waals surface area contributed by atoms with Gasteiger partial charge in [0.2, 0.25) is 5.91 Å². The molecular weight excluding hydrogens is 228 g/mol. The Balaban J connectivity index is 1.86. The normalized spacial score (nSPS) is 21.3. The number of aryl methyl sites for hydroxylation is 1. The van der Waals surface area contributed by atoms with Crippen LogP contribution in [0.5, 0.6) is 0 Å². The zero-order valence-electron chi connectivity index (χ0n) is 8.90. The summed E-state index contributed by atoms with van der Waals surface area (Å²) in [6.45, 7) is 2.91. The zero-order chi connectivity index (χ0) is 10.8. The van der Waals surface area contributed by atoms with Gasteiger partial charge < -0.3 is 4.90 Å². The number of hydrogen-bond donors (Lipinski definition) is 0. The van der Waals surface area contributed by atoms with E-state index in [-0.39, 0.29) is 11.2 Å². The van der Waals surface area contributed by atoms with E-state index in [0.29, 0.717) is 0 Å². The Morgan fingerprint density at radius 1 is 1.73 bits per heavy atom. The molecule has 1 aliphatic rings. The molecule has 0 aromatic carbocycles. The van der Waals surface area contributed by atoms with E-state index in [1.54, 1.807) is 23.1 Å². The Kier molecular flexibility index (Phi) is 3.31. The third-order valence-corrected chi connectivity index (χ3v) is 4.89. The Morgan fingerprint density at radius 2 is 2.53 bits per heavy atom. The standard InChI is InChI=1S/C10H14N2OS2/c1-7-11-5-8(15-7)6-14-9-3-4-12(2)10(9)13/h5,9H,3-4,6H2,1-2H3. The number of likely N-dealkylation sites (tertiary alicyclic amines) is 1. The molecule has 0 radical (unpaired) electrons. The number of aromatic nitrogens is 1. The van der Waals surface area contributed by atoms with E-state index in [1.165, 1.54) is 4.88 Å². The van der Waals surface area contributed by atoms with Gasteiger partial charge in [0.25, 0.3) is 0 Å². The zero-order valence-corrected chi connectivity index (χ0v) is 10.5. The Bertz CT molecular complexity index is 364. The fraction of sp³-hybridized carbons (Fsp3) is 0.600. The van der Waals surface area contributed by atoms with E-state index in [0.717, 1.165) is 23.7 Å². The molecule has 1 fully saturated rings. The molecule has 2 rings (SSSR count). The van der Waals surface area contributed by atoms with Crippen LogP contribution in [0.3, 0.4) is 0 Å². The van der Waals surface area contributed by atoms with Gasteiger partial charge in [-0.3, -0.25) is 4.79 Å². The van der Waals surface area contributed by atoms with Crippen LogP contribution >= 0.6 is 23.1 Å². The number of nitrogens with zero attached hydrogens (tertiary/aromatic N) is 2. The average Bonchev–Trinajstić information content (AvgIpc) is 2.74. The van der Waals surface area contributed by atoms with Gasteiger partial charge in [-0.25, -0.2) is 4.98 Å². The Labute approximate surface area is 97.9 Å². The molecule has 0 bridgehead atoms. The van der Waals surface area contributed by atoms with Crippen LogP contribution in [-0.4, -0.2) is 34.6 Å². The van der Waals surface area contributed by atoms with Gasteiger partial charge in [-0.1, -0.05) is 0 Å². The van der Waals surface area contributed by atoms with E-state index in [4.69, 9.17) is 0 Å². The summed E-state index contributed by atoms with van der Waals surface area (Å²) in [6, 6.07) is 0. The lowest BCUT2D eigenvalue weighted by atomic mass is 10.4. The molecule has 82 valence electrons. The van der Waals surface area contributed by atoms with Crippen LogP contribution in [0.4, 0.5) is 0 Å². The first-order valence-electron chi connectivity index (χ1n) is 4.94. The average molecular weight is 242 g/mol. The lowest BCUT2D eigenvalue weighted by molar-refractivity contribution is -0.126. The van der Waals surface area contributed by atoms with Crippen molar-refractivity contribution in [2.24, 2.45) is 0 Å². The molecule has 15 heavy (non-hydrogen) atoms. The molecule has 1 saturated heterocycles. The number of carbonyl (C=O) groups excluding carboxylic acids is 1. The smallest absolute Gasteiger partial charge is 0.235 e. The van der Waals surface area contributed by atoms with Crippen molar-refractivity contribution in [2.75, 3.05) is 13.6 Å². The van der Waals surface area contributed by atoms with Crippen molar-refractivity contribution in [2.45, 2.75) is 24.3 Å². The highest BCUT2D eigenvalue weighted by Crippen LogP contribution is 2.27. The largest absolute Gasteiger partial charge is 0.345 e. The molecule has 1 atom stereocenters. The summed E-state index contributed by atoms with van der Waals surface area (Å²) in [7, 11) is 1.87. The maximum absolute atomic E-state index is 11.6. The second kappa shape index (κ2) is 4.53. The van der Waals surface area contributed by atoms with Gasteiger partial charge in [-0.05, 0) is 13.3 Å². The number of rotatable bonds is 3. The molecular formula is C10H14N2OS2.